The molecule has 0 aliphatic carbocycles. The van der Waals surface area contributed by atoms with Crippen molar-refractivity contribution in [2.75, 3.05) is 7.05 Å². The molecule has 1 heterocycles. The third-order valence-electron chi connectivity index (χ3n) is 5.58. The molecule has 2 N–H and O–H groups in total. The van der Waals surface area contributed by atoms with Crippen LogP contribution < -0.4 is 5.32 Å². The number of benzene rings is 3. The molecule has 1 unspecified atom stereocenters. The third-order valence-corrected chi connectivity index (χ3v) is 5.58. The highest BCUT2D eigenvalue weighted by molar-refractivity contribution is 5.84. The van der Waals surface area contributed by atoms with Gasteiger partial charge in [0.1, 0.15) is 11.4 Å². The molecule has 4 rings (SSSR count). The number of likely N-dealkylation sites (N-methyl/N-ethyl adjacent to an activating group) is 1. The first-order chi connectivity index (χ1) is 15.0. The molecule has 1 aromatic heterocycles. The van der Waals surface area contributed by atoms with E-state index in [9.17, 15) is 14.3 Å². The van der Waals surface area contributed by atoms with E-state index in [4.69, 9.17) is 0 Å². The van der Waals surface area contributed by atoms with Gasteiger partial charge in [0.25, 0.3) is 0 Å². The summed E-state index contributed by atoms with van der Waals surface area (Å²) < 4.78 is 16.4. The molecular formula is C25H22FN3O2. The van der Waals surface area contributed by atoms with Gasteiger partial charge in [-0.1, -0.05) is 54.6 Å². The van der Waals surface area contributed by atoms with Crippen molar-refractivity contribution in [1.82, 2.24) is 15.1 Å². The van der Waals surface area contributed by atoms with Crippen LogP contribution in [0.4, 0.5) is 4.39 Å². The van der Waals surface area contributed by atoms with Crippen molar-refractivity contribution in [3.05, 3.63) is 96.4 Å². The highest BCUT2D eigenvalue weighted by atomic mass is 19.1. The first kappa shape index (κ1) is 20.5. The summed E-state index contributed by atoms with van der Waals surface area (Å²) in [6.45, 7) is 1.54. The van der Waals surface area contributed by atoms with Gasteiger partial charge in [-0.05, 0) is 49.4 Å². The molecule has 0 spiro atoms. The molecule has 0 bridgehead atoms. The molecule has 4 aromatic rings. The normalized spacial score (nSPS) is 13.0. The van der Waals surface area contributed by atoms with Crippen molar-refractivity contribution >= 4 is 5.97 Å². The first-order valence-corrected chi connectivity index (χ1v) is 9.87. The van der Waals surface area contributed by atoms with Gasteiger partial charge in [-0.25, -0.2) is 13.9 Å². The van der Waals surface area contributed by atoms with Crippen LogP contribution in [-0.4, -0.2) is 27.9 Å². The summed E-state index contributed by atoms with van der Waals surface area (Å²) in [7, 11) is 1.56. The Morgan fingerprint density at radius 3 is 2.19 bits per heavy atom. The Morgan fingerprint density at radius 1 is 0.968 bits per heavy atom. The quantitative estimate of drug-likeness (QED) is 0.472. The Kier molecular flexibility index (Phi) is 5.40. The molecule has 0 radical (unpaired) electrons. The topological polar surface area (TPSA) is 67.2 Å². The number of hydrogen-bond acceptors (Lipinski definition) is 3. The predicted octanol–water partition coefficient (Wildman–Crippen LogP) is 4.86. The molecule has 0 aliphatic heterocycles. The van der Waals surface area contributed by atoms with Crippen molar-refractivity contribution in [3.8, 4) is 28.1 Å². The van der Waals surface area contributed by atoms with Crippen molar-refractivity contribution in [2.24, 2.45) is 0 Å². The molecule has 6 heteroatoms. The van der Waals surface area contributed by atoms with Crippen LogP contribution in [0, 0.1) is 5.82 Å². The maximum absolute atomic E-state index is 14.8. The van der Waals surface area contributed by atoms with Crippen molar-refractivity contribution in [3.63, 3.8) is 0 Å². The Labute approximate surface area is 179 Å². The summed E-state index contributed by atoms with van der Waals surface area (Å²) in [6.07, 6.45) is 1.48. The lowest BCUT2D eigenvalue weighted by molar-refractivity contribution is -0.144. The Hall–Kier alpha value is -3.77. The SMILES string of the molecule is CNC(C)(C(=O)O)c1cnn(-c2ccc(-c3ccccc3)cc2)c1-c1ccccc1F. The number of aliphatic carboxylic acids is 1. The van der Waals surface area contributed by atoms with Gasteiger partial charge in [0.05, 0.1) is 17.6 Å². The second-order valence-corrected chi connectivity index (χ2v) is 7.39. The van der Waals surface area contributed by atoms with Crippen LogP contribution in [0.5, 0.6) is 0 Å². The van der Waals surface area contributed by atoms with Gasteiger partial charge in [0.15, 0.2) is 0 Å². The molecule has 5 nitrogen and oxygen atoms in total. The molecule has 0 amide bonds. The number of nitrogens with one attached hydrogen (secondary N) is 1. The molecule has 0 fully saturated rings. The highest BCUT2D eigenvalue weighted by Crippen LogP contribution is 2.35. The monoisotopic (exact) mass is 415 g/mol. The summed E-state index contributed by atoms with van der Waals surface area (Å²) in [4.78, 5) is 12.1. The van der Waals surface area contributed by atoms with Gasteiger partial charge in [-0.3, -0.25) is 0 Å². The van der Waals surface area contributed by atoms with E-state index < -0.39 is 17.3 Å². The summed E-state index contributed by atoms with van der Waals surface area (Å²) in [5.41, 5.74) is 2.43. The van der Waals surface area contributed by atoms with Gasteiger partial charge in [-0.2, -0.15) is 5.10 Å². The summed E-state index contributed by atoms with van der Waals surface area (Å²) in [6, 6.07) is 24.0. The van der Waals surface area contributed by atoms with Gasteiger partial charge < -0.3 is 10.4 Å². The fourth-order valence-corrected chi connectivity index (χ4v) is 3.61. The first-order valence-electron chi connectivity index (χ1n) is 9.87. The molecule has 0 saturated carbocycles. The minimum absolute atomic E-state index is 0.282. The van der Waals surface area contributed by atoms with E-state index in [0.29, 0.717) is 16.9 Å². The molecule has 156 valence electrons. The summed E-state index contributed by atoms with van der Waals surface area (Å²) in [5.74, 6) is -1.53. The third kappa shape index (κ3) is 3.62. The van der Waals surface area contributed by atoms with Crippen LogP contribution in [-0.2, 0) is 10.3 Å². The van der Waals surface area contributed by atoms with Gasteiger partial charge in [0.2, 0.25) is 0 Å². The molecule has 0 saturated heterocycles. The average molecular weight is 415 g/mol. The smallest absolute Gasteiger partial charge is 0.328 e. The maximum Gasteiger partial charge on any atom is 0.328 e. The second-order valence-electron chi connectivity index (χ2n) is 7.39. The van der Waals surface area contributed by atoms with Crippen molar-refractivity contribution < 1.29 is 14.3 Å². The number of hydrogen-bond donors (Lipinski definition) is 2. The zero-order valence-corrected chi connectivity index (χ0v) is 17.2. The van der Waals surface area contributed by atoms with Crippen molar-refractivity contribution in [2.45, 2.75) is 12.5 Å². The number of carboxylic acid groups (broad SMARTS) is 1. The van der Waals surface area contributed by atoms with Crippen LogP contribution in [0.25, 0.3) is 28.1 Å². The van der Waals surface area contributed by atoms with E-state index in [1.807, 2.05) is 54.6 Å². The van der Waals surface area contributed by atoms with Crippen LogP contribution >= 0.6 is 0 Å². The van der Waals surface area contributed by atoms with E-state index in [2.05, 4.69) is 10.4 Å². The molecule has 1 atom stereocenters. The minimum Gasteiger partial charge on any atom is -0.480 e. The van der Waals surface area contributed by atoms with Gasteiger partial charge in [-0.15, -0.1) is 0 Å². The molecule has 0 aliphatic rings. The zero-order valence-electron chi connectivity index (χ0n) is 17.2. The largest absolute Gasteiger partial charge is 0.480 e. The number of rotatable bonds is 6. The fraction of sp³-hybridized carbons (Fsp3) is 0.120. The lowest BCUT2D eigenvalue weighted by Gasteiger charge is -2.25. The fourth-order valence-electron chi connectivity index (χ4n) is 3.61. The van der Waals surface area contributed by atoms with E-state index in [0.717, 1.165) is 11.1 Å². The number of carboxylic acids is 1. The van der Waals surface area contributed by atoms with Gasteiger partial charge >= 0.3 is 5.97 Å². The second kappa shape index (κ2) is 8.16. The lowest BCUT2D eigenvalue weighted by atomic mass is 9.90. The Morgan fingerprint density at radius 2 is 1.58 bits per heavy atom. The number of carbonyl (C=O) groups is 1. The minimum atomic E-state index is -1.44. The zero-order chi connectivity index (χ0) is 22.0. The van der Waals surface area contributed by atoms with Crippen molar-refractivity contribution in [1.29, 1.82) is 0 Å². The summed E-state index contributed by atoms with van der Waals surface area (Å²) in [5, 5.41) is 17.2. The standard InChI is InChI=1S/C25H22FN3O2/c1-25(27-2,24(30)31)21-16-28-29(23(21)20-10-6-7-11-22(20)26)19-14-12-18(13-15-19)17-8-4-3-5-9-17/h3-16,27H,1-2H3,(H,30,31). The van der Waals surface area contributed by atoms with Crippen LogP contribution in [0.2, 0.25) is 0 Å². The Balaban J connectivity index is 1.89. The predicted molar refractivity (Wildman–Crippen MR) is 118 cm³/mol. The Bertz CT molecular complexity index is 1220. The van der Waals surface area contributed by atoms with Gasteiger partial charge in [0, 0.05) is 11.1 Å². The van der Waals surface area contributed by atoms with Crippen LogP contribution in [0.15, 0.2) is 85.1 Å². The highest BCUT2D eigenvalue weighted by Gasteiger charge is 2.38. The molecular weight excluding hydrogens is 393 g/mol. The molecule has 3 aromatic carbocycles. The van der Waals surface area contributed by atoms with E-state index in [1.165, 1.54) is 12.3 Å². The molecule has 31 heavy (non-hydrogen) atoms. The van der Waals surface area contributed by atoms with Crippen LogP contribution in [0.1, 0.15) is 12.5 Å². The number of nitrogens with zero attached hydrogens (tertiary/aromatic N) is 2. The van der Waals surface area contributed by atoms with Crippen LogP contribution in [0.3, 0.4) is 0 Å². The van der Waals surface area contributed by atoms with E-state index >= 15 is 0 Å². The lowest BCUT2D eigenvalue weighted by Crippen LogP contribution is -2.44. The number of aromatic nitrogens is 2. The maximum atomic E-state index is 14.8. The number of halogens is 1. The van der Waals surface area contributed by atoms with E-state index in [1.54, 1.807) is 36.9 Å². The average Bonchev–Trinajstić information content (AvgIpc) is 3.25. The van der Waals surface area contributed by atoms with E-state index in [-0.39, 0.29) is 5.56 Å². The summed E-state index contributed by atoms with van der Waals surface area (Å²) >= 11 is 0.